The molecule has 17 heavy (non-hydrogen) atoms. The lowest BCUT2D eigenvalue weighted by atomic mass is 9.61. The smallest absolute Gasteiger partial charge is 0.146 e. The largest absolute Gasteiger partial charge is 0.299 e. The van der Waals surface area contributed by atoms with E-state index in [4.69, 9.17) is 0 Å². The van der Waals surface area contributed by atoms with E-state index in [0.717, 1.165) is 24.8 Å². The van der Waals surface area contributed by atoms with Gasteiger partial charge in [0, 0.05) is 6.42 Å². The summed E-state index contributed by atoms with van der Waals surface area (Å²) in [6.45, 7) is 0. The molecule has 0 bridgehead atoms. The molecule has 0 aromatic heterocycles. The maximum absolute atomic E-state index is 14.4. The van der Waals surface area contributed by atoms with Crippen molar-refractivity contribution in [3.05, 3.63) is 35.4 Å². The van der Waals surface area contributed by atoms with Crippen LogP contribution in [0.15, 0.2) is 24.3 Å². The first kappa shape index (κ1) is 10.9. The standard InChI is InChI=1S/C15H17FO/c16-13-9-8-11-5-1-2-6-12(11)15(13)10-4-3-7-14(15)17/h1-2,5-6,13H,3-4,7-10H2/t13-,15+/m1/s1. The lowest BCUT2D eigenvalue weighted by molar-refractivity contribution is -0.130. The Balaban J connectivity index is 2.16. The summed E-state index contributed by atoms with van der Waals surface area (Å²) in [4.78, 5) is 12.3. The Morgan fingerprint density at radius 3 is 2.82 bits per heavy atom. The highest BCUT2D eigenvalue weighted by Gasteiger charge is 2.50. The van der Waals surface area contributed by atoms with Crippen molar-refractivity contribution in [3.63, 3.8) is 0 Å². The predicted molar refractivity (Wildman–Crippen MR) is 64.8 cm³/mol. The molecule has 0 radical (unpaired) electrons. The number of Topliss-reactive ketones (excluding diaryl/α,β-unsaturated/α-hetero) is 1. The molecule has 2 atom stereocenters. The average Bonchev–Trinajstić information content (AvgIpc) is 2.37. The van der Waals surface area contributed by atoms with Crippen LogP contribution >= 0.6 is 0 Å². The van der Waals surface area contributed by atoms with Crippen molar-refractivity contribution >= 4 is 5.78 Å². The van der Waals surface area contributed by atoms with E-state index in [-0.39, 0.29) is 5.78 Å². The van der Waals surface area contributed by atoms with Gasteiger partial charge in [-0.05, 0) is 36.8 Å². The van der Waals surface area contributed by atoms with Crippen molar-refractivity contribution in [3.8, 4) is 0 Å². The van der Waals surface area contributed by atoms with Gasteiger partial charge in [0.2, 0.25) is 0 Å². The number of benzene rings is 1. The highest BCUT2D eigenvalue weighted by Crippen LogP contribution is 2.46. The zero-order valence-electron chi connectivity index (χ0n) is 9.92. The van der Waals surface area contributed by atoms with E-state index in [9.17, 15) is 9.18 Å². The summed E-state index contributed by atoms with van der Waals surface area (Å²) in [6, 6.07) is 7.92. The van der Waals surface area contributed by atoms with Gasteiger partial charge >= 0.3 is 0 Å². The van der Waals surface area contributed by atoms with E-state index in [2.05, 4.69) is 0 Å². The van der Waals surface area contributed by atoms with Crippen molar-refractivity contribution in [2.45, 2.75) is 50.1 Å². The van der Waals surface area contributed by atoms with E-state index in [1.54, 1.807) is 0 Å². The van der Waals surface area contributed by atoms with Crippen molar-refractivity contribution < 1.29 is 9.18 Å². The Morgan fingerprint density at radius 2 is 2.00 bits per heavy atom. The maximum Gasteiger partial charge on any atom is 0.146 e. The fourth-order valence-electron chi connectivity index (χ4n) is 3.54. The van der Waals surface area contributed by atoms with Gasteiger partial charge in [0.05, 0.1) is 5.41 Å². The van der Waals surface area contributed by atoms with Crippen LogP contribution in [0, 0.1) is 0 Å². The molecular weight excluding hydrogens is 215 g/mol. The number of rotatable bonds is 0. The molecule has 0 N–H and O–H groups in total. The predicted octanol–water partition coefficient (Wildman–Crippen LogP) is 3.35. The van der Waals surface area contributed by atoms with Gasteiger partial charge in [0.1, 0.15) is 12.0 Å². The third-order valence-electron chi connectivity index (χ3n) is 4.42. The van der Waals surface area contributed by atoms with E-state index < -0.39 is 11.6 Å². The summed E-state index contributed by atoms with van der Waals surface area (Å²) < 4.78 is 14.4. The normalized spacial score (nSPS) is 32.5. The fraction of sp³-hybridized carbons (Fsp3) is 0.533. The summed E-state index contributed by atoms with van der Waals surface area (Å²) in [5.74, 6) is 0.128. The van der Waals surface area contributed by atoms with Gasteiger partial charge in [0.25, 0.3) is 0 Å². The summed E-state index contributed by atoms with van der Waals surface area (Å²) in [5, 5.41) is 0. The number of hydrogen-bond donors (Lipinski definition) is 0. The second-order valence-electron chi connectivity index (χ2n) is 5.26. The third kappa shape index (κ3) is 1.46. The number of aryl methyl sites for hydroxylation is 1. The molecule has 1 spiro atoms. The van der Waals surface area contributed by atoms with Crippen LogP contribution in [-0.2, 0) is 16.6 Å². The Labute approximate surface area is 101 Å². The molecule has 0 unspecified atom stereocenters. The van der Waals surface area contributed by atoms with Crippen LogP contribution in [0.4, 0.5) is 4.39 Å². The SMILES string of the molecule is O=C1CCCC[C@@]12c1ccccc1CC[C@H]2F. The quantitative estimate of drug-likeness (QED) is 0.670. The van der Waals surface area contributed by atoms with Gasteiger partial charge in [-0.1, -0.05) is 30.7 Å². The molecule has 0 saturated heterocycles. The molecule has 0 heterocycles. The lowest BCUT2D eigenvalue weighted by Crippen LogP contribution is -2.49. The number of ketones is 1. The third-order valence-corrected chi connectivity index (χ3v) is 4.42. The second-order valence-corrected chi connectivity index (χ2v) is 5.26. The minimum atomic E-state index is -0.981. The topological polar surface area (TPSA) is 17.1 Å². The molecule has 1 aromatic carbocycles. The Kier molecular flexibility index (Phi) is 2.53. The monoisotopic (exact) mass is 232 g/mol. The Hall–Kier alpha value is -1.18. The molecule has 90 valence electrons. The summed E-state index contributed by atoms with van der Waals surface area (Å²) in [5.41, 5.74) is 1.35. The number of carbonyl (C=O) groups excluding carboxylic acids is 1. The molecule has 1 saturated carbocycles. The number of hydrogen-bond acceptors (Lipinski definition) is 1. The summed E-state index contributed by atoms with van der Waals surface area (Å²) >= 11 is 0. The van der Waals surface area contributed by atoms with Crippen LogP contribution in [0.2, 0.25) is 0 Å². The van der Waals surface area contributed by atoms with E-state index in [1.807, 2.05) is 24.3 Å². The minimum Gasteiger partial charge on any atom is -0.299 e. The van der Waals surface area contributed by atoms with Crippen LogP contribution < -0.4 is 0 Å². The molecule has 2 aliphatic rings. The fourth-order valence-corrected chi connectivity index (χ4v) is 3.54. The first-order valence-electron chi connectivity index (χ1n) is 6.51. The first-order chi connectivity index (χ1) is 8.25. The van der Waals surface area contributed by atoms with Gasteiger partial charge in [-0.2, -0.15) is 0 Å². The molecule has 2 heteroatoms. The van der Waals surface area contributed by atoms with Gasteiger partial charge in [-0.3, -0.25) is 4.79 Å². The van der Waals surface area contributed by atoms with Crippen molar-refractivity contribution in [2.75, 3.05) is 0 Å². The van der Waals surface area contributed by atoms with Gasteiger partial charge in [-0.25, -0.2) is 4.39 Å². The number of halogens is 1. The van der Waals surface area contributed by atoms with Gasteiger partial charge in [-0.15, -0.1) is 0 Å². The molecule has 0 aliphatic heterocycles. The number of fused-ring (bicyclic) bond motifs is 2. The zero-order valence-corrected chi connectivity index (χ0v) is 9.92. The van der Waals surface area contributed by atoms with E-state index in [1.165, 1.54) is 5.56 Å². The molecule has 1 fully saturated rings. The van der Waals surface area contributed by atoms with E-state index in [0.29, 0.717) is 19.3 Å². The Morgan fingerprint density at radius 1 is 1.18 bits per heavy atom. The molecule has 2 aliphatic carbocycles. The molecular formula is C15H17FO. The van der Waals surface area contributed by atoms with Crippen molar-refractivity contribution in [1.29, 1.82) is 0 Å². The number of carbonyl (C=O) groups is 1. The molecule has 1 aromatic rings. The van der Waals surface area contributed by atoms with Crippen LogP contribution in [0.5, 0.6) is 0 Å². The maximum atomic E-state index is 14.4. The first-order valence-corrected chi connectivity index (χ1v) is 6.51. The minimum absolute atomic E-state index is 0.128. The van der Waals surface area contributed by atoms with Crippen LogP contribution in [0.1, 0.15) is 43.2 Å². The molecule has 1 nitrogen and oxygen atoms in total. The lowest BCUT2D eigenvalue weighted by Gasteiger charge is -2.43. The summed E-state index contributed by atoms with van der Waals surface area (Å²) in [7, 11) is 0. The van der Waals surface area contributed by atoms with Crippen molar-refractivity contribution in [2.24, 2.45) is 0 Å². The van der Waals surface area contributed by atoms with Gasteiger partial charge < -0.3 is 0 Å². The van der Waals surface area contributed by atoms with Crippen LogP contribution in [0.25, 0.3) is 0 Å². The average molecular weight is 232 g/mol. The number of alkyl halides is 1. The summed E-state index contributed by atoms with van der Waals surface area (Å²) in [6.07, 6.45) is 3.44. The Bertz CT molecular complexity index is 454. The highest BCUT2D eigenvalue weighted by molar-refractivity contribution is 5.92. The van der Waals surface area contributed by atoms with Crippen LogP contribution in [0.3, 0.4) is 0 Å². The molecule has 0 amide bonds. The van der Waals surface area contributed by atoms with E-state index >= 15 is 0 Å². The molecule has 3 rings (SSSR count). The van der Waals surface area contributed by atoms with Crippen LogP contribution in [-0.4, -0.2) is 12.0 Å². The van der Waals surface area contributed by atoms with Crippen molar-refractivity contribution in [1.82, 2.24) is 0 Å². The second kappa shape index (κ2) is 3.94. The zero-order chi connectivity index (χ0) is 11.9. The van der Waals surface area contributed by atoms with Gasteiger partial charge in [0.15, 0.2) is 0 Å². The highest BCUT2D eigenvalue weighted by atomic mass is 19.1.